The maximum atomic E-state index is 12.7. The number of aromatic nitrogens is 3. The molecule has 2 heterocycles. The number of benzene rings is 1. The van der Waals surface area contributed by atoms with Crippen molar-refractivity contribution in [1.82, 2.24) is 19.9 Å². The Balaban J connectivity index is 1.81. The number of non-ortho nitro benzene ring substituents is 1. The maximum absolute atomic E-state index is 12.7. The molecule has 9 heteroatoms. The van der Waals surface area contributed by atoms with E-state index in [1.807, 2.05) is 13.8 Å². The molecule has 132 valence electrons. The van der Waals surface area contributed by atoms with E-state index in [-0.39, 0.29) is 28.7 Å². The normalized spacial score (nSPS) is 19.6. The highest BCUT2D eigenvalue weighted by Gasteiger charge is 2.36. The van der Waals surface area contributed by atoms with Crippen LogP contribution in [0.25, 0.3) is 5.69 Å². The maximum Gasteiger partial charge on any atom is 0.276 e. The average molecular weight is 344 g/mol. The minimum absolute atomic E-state index is 0.0485. The third-order valence-corrected chi connectivity index (χ3v) is 4.62. The van der Waals surface area contributed by atoms with Crippen LogP contribution in [0.1, 0.15) is 30.8 Å². The predicted molar refractivity (Wildman–Crippen MR) is 90.3 cm³/mol. The highest BCUT2D eigenvalue weighted by atomic mass is 16.6. The number of carbonyl (C=O) groups is 1. The first kappa shape index (κ1) is 17.0. The van der Waals surface area contributed by atoms with Gasteiger partial charge in [-0.05, 0) is 17.9 Å². The van der Waals surface area contributed by atoms with Gasteiger partial charge in [-0.3, -0.25) is 14.9 Å². The molecule has 3 rings (SSSR count). The zero-order chi connectivity index (χ0) is 18.2. The largest absolute Gasteiger partial charge is 0.337 e. The van der Waals surface area contributed by atoms with Crippen LogP contribution in [0.5, 0.6) is 0 Å². The molecule has 1 aromatic heterocycles. The van der Waals surface area contributed by atoms with Gasteiger partial charge < -0.3 is 10.6 Å². The van der Waals surface area contributed by atoms with E-state index in [1.165, 1.54) is 23.0 Å². The van der Waals surface area contributed by atoms with E-state index >= 15 is 0 Å². The van der Waals surface area contributed by atoms with Crippen molar-refractivity contribution >= 4 is 11.6 Å². The van der Waals surface area contributed by atoms with Crippen LogP contribution in [0.3, 0.4) is 0 Å². The molecular formula is C16H20N6O3. The number of likely N-dealkylation sites (tertiary alicyclic amines) is 1. The van der Waals surface area contributed by atoms with Crippen LogP contribution in [0.4, 0.5) is 5.69 Å². The number of hydrogen-bond donors (Lipinski definition) is 1. The van der Waals surface area contributed by atoms with Gasteiger partial charge in [-0.15, -0.1) is 5.10 Å². The van der Waals surface area contributed by atoms with Crippen LogP contribution < -0.4 is 5.73 Å². The Morgan fingerprint density at radius 2 is 2.20 bits per heavy atom. The lowest BCUT2D eigenvalue weighted by Crippen LogP contribution is -2.54. The number of nitrogens with zero attached hydrogens (tertiary/aromatic N) is 5. The number of nitrogens with two attached hydrogens (primary N) is 1. The first-order valence-electron chi connectivity index (χ1n) is 8.00. The molecule has 1 saturated heterocycles. The van der Waals surface area contributed by atoms with E-state index in [0.29, 0.717) is 18.8 Å². The highest BCUT2D eigenvalue weighted by Crippen LogP contribution is 2.28. The van der Waals surface area contributed by atoms with E-state index in [1.54, 1.807) is 17.0 Å². The Morgan fingerprint density at radius 3 is 2.88 bits per heavy atom. The van der Waals surface area contributed by atoms with Crippen molar-refractivity contribution in [3.8, 4) is 5.69 Å². The Kier molecular flexibility index (Phi) is 4.25. The lowest BCUT2D eigenvalue weighted by molar-refractivity contribution is -0.384. The van der Waals surface area contributed by atoms with Crippen LogP contribution in [0.2, 0.25) is 0 Å². The molecule has 2 aromatic rings. The van der Waals surface area contributed by atoms with Crippen molar-refractivity contribution in [2.45, 2.75) is 26.3 Å². The van der Waals surface area contributed by atoms with Gasteiger partial charge in [0.1, 0.15) is 0 Å². The van der Waals surface area contributed by atoms with Gasteiger partial charge in [0.05, 0.1) is 16.8 Å². The lowest BCUT2D eigenvalue weighted by atomic mass is 9.79. The molecule has 2 N–H and O–H groups in total. The minimum atomic E-state index is -0.481. The molecule has 1 amide bonds. The summed E-state index contributed by atoms with van der Waals surface area (Å²) in [5.41, 5.74) is 6.58. The number of piperidine rings is 1. The zero-order valence-electron chi connectivity index (χ0n) is 14.1. The summed E-state index contributed by atoms with van der Waals surface area (Å²) in [5, 5.41) is 18.7. The highest BCUT2D eigenvalue weighted by molar-refractivity contribution is 5.92. The van der Waals surface area contributed by atoms with Crippen LogP contribution in [-0.4, -0.2) is 49.9 Å². The molecule has 9 nitrogen and oxygen atoms in total. The lowest BCUT2D eigenvalue weighted by Gasteiger charge is -2.42. The summed E-state index contributed by atoms with van der Waals surface area (Å²) in [6.45, 7) is 5.21. The van der Waals surface area contributed by atoms with Crippen LogP contribution in [0.15, 0.2) is 30.5 Å². The van der Waals surface area contributed by atoms with Crippen molar-refractivity contribution < 1.29 is 9.72 Å². The number of nitro benzene ring substituents is 1. The Labute approximate surface area is 144 Å². The fraction of sp³-hybridized carbons (Fsp3) is 0.438. The first-order valence-corrected chi connectivity index (χ1v) is 8.00. The second-order valence-electron chi connectivity index (χ2n) is 6.94. The van der Waals surface area contributed by atoms with Crippen molar-refractivity contribution in [2.75, 3.05) is 13.1 Å². The molecule has 1 aliphatic rings. The zero-order valence-corrected chi connectivity index (χ0v) is 14.1. The standard InChI is InChI=1S/C16H20N6O3/c1-16(2)10-20(7-6-14(16)17)15(23)13-9-21(19-18-13)11-4-3-5-12(8-11)22(24)25/h3-5,8-9,14H,6-7,10,17H2,1-2H3. The molecule has 1 fully saturated rings. The molecule has 1 aliphatic heterocycles. The fourth-order valence-electron chi connectivity index (χ4n) is 2.95. The molecule has 25 heavy (non-hydrogen) atoms. The van der Waals surface area contributed by atoms with E-state index in [0.717, 1.165) is 6.42 Å². The Bertz CT molecular complexity index is 816. The van der Waals surface area contributed by atoms with Gasteiger partial charge in [0.2, 0.25) is 0 Å². The minimum Gasteiger partial charge on any atom is -0.337 e. The van der Waals surface area contributed by atoms with Gasteiger partial charge >= 0.3 is 0 Å². The number of carbonyl (C=O) groups excluding carboxylic acids is 1. The smallest absolute Gasteiger partial charge is 0.276 e. The summed E-state index contributed by atoms with van der Waals surface area (Å²) >= 11 is 0. The van der Waals surface area contributed by atoms with Crippen molar-refractivity contribution in [1.29, 1.82) is 0 Å². The van der Waals surface area contributed by atoms with Gasteiger partial charge in [0, 0.05) is 31.3 Å². The van der Waals surface area contributed by atoms with Crippen LogP contribution in [0, 0.1) is 15.5 Å². The molecule has 0 bridgehead atoms. The molecule has 0 saturated carbocycles. The van der Waals surface area contributed by atoms with Crippen molar-refractivity contribution in [3.63, 3.8) is 0 Å². The quantitative estimate of drug-likeness (QED) is 0.663. The predicted octanol–water partition coefficient (Wildman–Crippen LogP) is 1.37. The van der Waals surface area contributed by atoms with E-state index in [9.17, 15) is 14.9 Å². The summed E-state index contributed by atoms with van der Waals surface area (Å²) < 4.78 is 1.36. The summed E-state index contributed by atoms with van der Waals surface area (Å²) in [5.74, 6) is -0.211. The van der Waals surface area contributed by atoms with Gasteiger partial charge in [0.25, 0.3) is 11.6 Å². The third-order valence-electron chi connectivity index (χ3n) is 4.62. The number of nitro groups is 1. The monoisotopic (exact) mass is 344 g/mol. The van der Waals surface area contributed by atoms with Gasteiger partial charge in [-0.2, -0.15) is 0 Å². The molecule has 0 spiro atoms. The third kappa shape index (κ3) is 3.36. The second kappa shape index (κ2) is 6.25. The van der Waals surface area contributed by atoms with Crippen LogP contribution >= 0.6 is 0 Å². The number of hydrogen-bond acceptors (Lipinski definition) is 6. The van der Waals surface area contributed by atoms with E-state index < -0.39 is 4.92 Å². The molecule has 1 unspecified atom stereocenters. The first-order chi connectivity index (χ1) is 11.8. The molecule has 0 radical (unpaired) electrons. The van der Waals surface area contributed by atoms with Gasteiger partial charge in [0.15, 0.2) is 5.69 Å². The summed E-state index contributed by atoms with van der Waals surface area (Å²) in [4.78, 5) is 24.8. The van der Waals surface area contributed by atoms with E-state index in [2.05, 4.69) is 10.3 Å². The fourth-order valence-corrected chi connectivity index (χ4v) is 2.95. The SMILES string of the molecule is CC1(C)CN(C(=O)c2cn(-c3cccc([N+](=O)[O-])c3)nn2)CCC1N. The summed E-state index contributed by atoms with van der Waals surface area (Å²) in [6.07, 6.45) is 2.22. The molecule has 1 atom stereocenters. The number of rotatable bonds is 3. The van der Waals surface area contributed by atoms with E-state index in [4.69, 9.17) is 5.73 Å². The number of amides is 1. The van der Waals surface area contributed by atoms with Crippen molar-refractivity contribution in [3.05, 3.63) is 46.3 Å². The van der Waals surface area contributed by atoms with Gasteiger partial charge in [-0.1, -0.05) is 25.1 Å². The summed E-state index contributed by atoms with van der Waals surface area (Å²) in [6, 6.07) is 6.05. The average Bonchev–Trinajstić information content (AvgIpc) is 3.06. The molecule has 1 aromatic carbocycles. The Morgan fingerprint density at radius 1 is 1.44 bits per heavy atom. The molecular weight excluding hydrogens is 324 g/mol. The topological polar surface area (TPSA) is 120 Å². The summed E-state index contributed by atoms with van der Waals surface area (Å²) in [7, 11) is 0. The molecule has 0 aliphatic carbocycles. The van der Waals surface area contributed by atoms with Crippen molar-refractivity contribution in [2.24, 2.45) is 11.1 Å². The van der Waals surface area contributed by atoms with Gasteiger partial charge in [-0.25, -0.2) is 4.68 Å². The van der Waals surface area contributed by atoms with Crippen LogP contribution in [-0.2, 0) is 0 Å². The second-order valence-corrected chi connectivity index (χ2v) is 6.94. The Hall–Kier alpha value is -2.81.